The third-order valence-corrected chi connectivity index (χ3v) is 4.26. The van der Waals surface area contributed by atoms with Crippen LogP contribution in [0.3, 0.4) is 0 Å². The average Bonchev–Trinajstić information content (AvgIpc) is 2.98. The lowest BCUT2D eigenvalue weighted by Gasteiger charge is -2.18. The normalized spacial score (nSPS) is 15.0. The molecule has 1 fully saturated rings. The number of nitrogens with zero attached hydrogens (tertiary/aromatic N) is 2. The molecule has 1 aromatic rings. The Bertz CT molecular complexity index is 673. The highest BCUT2D eigenvalue weighted by molar-refractivity contribution is 14.0. The van der Waals surface area contributed by atoms with Gasteiger partial charge in [0.25, 0.3) is 0 Å². The molecule has 0 spiro atoms. The fraction of sp³-hybridized carbons (Fsp3) is 0.500. The summed E-state index contributed by atoms with van der Waals surface area (Å²) in [4.78, 5) is 28.8. The van der Waals surface area contributed by atoms with Crippen LogP contribution < -0.4 is 20.7 Å². The SMILES string of the molecule is CCNC(=NCC(CC)Oc1ccccc1Cl)NCCN1C(=O)CNC1=O.I. The van der Waals surface area contributed by atoms with E-state index in [1.165, 1.54) is 4.90 Å². The van der Waals surface area contributed by atoms with Gasteiger partial charge in [0.15, 0.2) is 5.96 Å². The number of urea groups is 1. The molecule has 156 valence electrons. The molecule has 0 aliphatic carbocycles. The Hall–Kier alpha value is -1.75. The molecule has 0 saturated carbocycles. The maximum atomic E-state index is 11.6. The summed E-state index contributed by atoms with van der Waals surface area (Å²) in [6.07, 6.45) is 0.655. The maximum absolute atomic E-state index is 11.6. The number of amides is 3. The fourth-order valence-electron chi connectivity index (χ4n) is 2.47. The zero-order valence-corrected chi connectivity index (χ0v) is 19.1. The molecule has 0 radical (unpaired) electrons. The summed E-state index contributed by atoms with van der Waals surface area (Å²) < 4.78 is 5.94. The topological polar surface area (TPSA) is 95.1 Å². The third-order valence-electron chi connectivity index (χ3n) is 3.95. The summed E-state index contributed by atoms with van der Waals surface area (Å²) in [6, 6.07) is 6.98. The van der Waals surface area contributed by atoms with Crippen molar-refractivity contribution in [1.29, 1.82) is 0 Å². The molecule has 1 aliphatic heterocycles. The lowest BCUT2D eigenvalue weighted by atomic mass is 10.2. The molecule has 28 heavy (non-hydrogen) atoms. The van der Waals surface area contributed by atoms with Gasteiger partial charge in [-0.3, -0.25) is 9.69 Å². The Morgan fingerprint density at radius 3 is 2.68 bits per heavy atom. The van der Waals surface area contributed by atoms with Crippen molar-refractivity contribution in [3.63, 3.8) is 0 Å². The first-order chi connectivity index (χ1) is 13.0. The van der Waals surface area contributed by atoms with Crippen molar-refractivity contribution in [1.82, 2.24) is 20.9 Å². The molecule has 1 heterocycles. The molecule has 10 heteroatoms. The summed E-state index contributed by atoms with van der Waals surface area (Å²) in [6.45, 7) is 5.87. The van der Waals surface area contributed by atoms with Crippen LogP contribution in [0, 0.1) is 0 Å². The van der Waals surface area contributed by atoms with Crippen LogP contribution >= 0.6 is 35.6 Å². The zero-order valence-electron chi connectivity index (χ0n) is 16.0. The second-order valence-corrected chi connectivity index (χ2v) is 6.34. The molecule has 1 aliphatic rings. The smallest absolute Gasteiger partial charge is 0.324 e. The van der Waals surface area contributed by atoms with E-state index in [9.17, 15) is 9.59 Å². The molecule has 1 aromatic carbocycles. The average molecular weight is 524 g/mol. The minimum absolute atomic E-state index is 0. The van der Waals surface area contributed by atoms with Crippen LogP contribution in [-0.2, 0) is 4.79 Å². The number of aliphatic imine (C=N–C) groups is 1. The number of carbonyl (C=O) groups is 2. The molecule has 3 N–H and O–H groups in total. The third kappa shape index (κ3) is 7.34. The van der Waals surface area contributed by atoms with Crippen LogP contribution in [0.15, 0.2) is 29.3 Å². The number of ether oxygens (including phenoxy) is 1. The maximum Gasteiger partial charge on any atom is 0.324 e. The number of halogens is 2. The Morgan fingerprint density at radius 1 is 1.32 bits per heavy atom. The molecule has 0 aromatic heterocycles. The van der Waals surface area contributed by atoms with Gasteiger partial charge in [-0.15, -0.1) is 24.0 Å². The van der Waals surface area contributed by atoms with Crippen LogP contribution in [0.1, 0.15) is 20.3 Å². The number of nitrogens with one attached hydrogen (secondary N) is 3. The summed E-state index contributed by atoms with van der Waals surface area (Å²) in [7, 11) is 0. The minimum Gasteiger partial charge on any atom is -0.487 e. The van der Waals surface area contributed by atoms with Gasteiger partial charge < -0.3 is 20.7 Å². The molecule has 0 bridgehead atoms. The molecule has 2 rings (SSSR count). The van der Waals surface area contributed by atoms with E-state index in [0.29, 0.717) is 36.4 Å². The molecular formula is C18H27ClIN5O3. The van der Waals surface area contributed by atoms with E-state index in [1.807, 2.05) is 32.0 Å². The molecular weight excluding hydrogens is 497 g/mol. The summed E-state index contributed by atoms with van der Waals surface area (Å²) in [5, 5.41) is 9.33. The van der Waals surface area contributed by atoms with Crippen LogP contribution in [0.2, 0.25) is 5.02 Å². The second kappa shape index (κ2) is 12.7. The Labute approximate surface area is 187 Å². The molecule has 3 amide bonds. The van der Waals surface area contributed by atoms with Gasteiger partial charge in [-0.1, -0.05) is 30.7 Å². The molecule has 1 atom stereocenters. The van der Waals surface area contributed by atoms with Crippen LogP contribution in [0.25, 0.3) is 0 Å². The summed E-state index contributed by atoms with van der Waals surface area (Å²) in [5.74, 6) is 1.02. The quantitative estimate of drug-likeness (QED) is 0.200. The van der Waals surface area contributed by atoms with Crippen LogP contribution in [-0.4, -0.2) is 61.6 Å². The number of carbonyl (C=O) groups excluding carboxylic acids is 2. The van der Waals surface area contributed by atoms with Gasteiger partial charge in [0.1, 0.15) is 11.9 Å². The first-order valence-electron chi connectivity index (χ1n) is 9.06. The van der Waals surface area contributed by atoms with E-state index in [4.69, 9.17) is 16.3 Å². The van der Waals surface area contributed by atoms with Crippen molar-refractivity contribution in [3.8, 4) is 5.75 Å². The highest BCUT2D eigenvalue weighted by Gasteiger charge is 2.27. The van der Waals surface area contributed by atoms with Crippen molar-refractivity contribution >= 4 is 53.5 Å². The van der Waals surface area contributed by atoms with E-state index in [2.05, 4.69) is 20.9 Å². The first-order valence-corrected chi connectivity index (χ1v) is 9.44. The number of guanidine groups is 1. The van der Waals surface area contributed by atoms with Gasteiger partial charge in [0.2, 0.25) is 5.91 Å². The van der Waals surface area contributed by atoms with Gasteiger partial charge in [0.05, 0.1) is 18.1 Å². The first kappa shape index (κ1) is 24.3. The van der Waals surface area contributed by atoms with Gasteiger partial charge in [-0.05, 0) is 25.5 Å². The van der Waals surface area contributed by atoms with Crippen molar-refractivity contribution in [2.45, 2.75) is 26.4 Å². The molecule has 1 saturated heterocycles. The molecule has 1 unspecified atom stereocenters. The number of hydrogen-bond donors (Lipinski definition) is 3. The second-order valence-electron chi connectivity index (χ2n) is 5.93. The Kier molecular flexibility index (Phi) is 11.0. The van der Waals surface area contributed by atoms with Gasteiger partial charge >= 0.3 is 6.03 Å². The minimum atomic E-state index is -0.358. The number of benzene rings is 1. The van der Waals surface area contributed by atoms with E-state index >= 15 is 0 Å². The van der Waals surface area contributed by atoms with Gasteiger partial charge in [-0.25, -0.2) is 9.79 Å². The summed E-state index contributed by atoms with van der Waals surface area (Å²) in [5.41, 5.74) is 0. The largest absolute Gasteiger partial charge is 0.487 e. The van der Waals surface area contributed by atoms with Crippen LogP contribution in [0.5, 0.6) is 5.75 Å². The predicted molar refractivity (Wildman–Crippen MR) is 121 cm³/mol. The van der Waals surface area contributed by atoms with Crippen LogP contribution in [0.4, 0.5) is 4.79 Å². The van der Waals surface area contributed by atoms with E-state index in [1.54, 1.807) is 6.07 Å². The van der Waals surface area contributed by atoms with E-state index < -0.39 is 0 Å². The monoisotopic (exact) mass is 523 g/mol. The van der Waals surface area contributed by atoms with Gasteiger partial charge in [0, 0.05) is 19.6 Å². The van der Waals surface area contributed by atoms with Gasteiger partial charge in [-0.2, -0.15) is 0 Å². The predicted octanol–water partition coefficient (Wildman–Crippen LogP) is 2.22. The van der Waals surface area contributed by atoms with Crippen molar-refractivity contribution in [2.24, 2.45) is 4.99 Å². The highest BCUT2D eigenvalue weighted by Crippen LogP contribution is 2.24. The zero-order chi connectivity index (χ0) is 19.6. The lowest BCUT2D eigenvalue weighted by molar-refractivity contribution is -0.124. The fourth-order valence-corrected chi connectivity index (χ4v) is 2.65. The standard InChI is InChI=1S/C18H26ClN5O3.HI/c1-3-13(27-15-8-6-5-7-14(15)19)11-22-17(20-4-2)21-9-10-24-16(25)12-23-18(24)26;/h5-8,13H,3-4,9-12H2,1-2H3,(H,23,26)(H2,20,21,22);1H. The number of rotatable bonds is 9. The lowest BCUT2D eigenvalue weighted by Crippen LogP contribution is -2.43. The molecule has 8 nitrogen and oxygen atoms in total. The van der Waals surface area contributed by atoms with Crippen molar-refractivity contribution in [3.05, 3.63) is 29.3 Å². The van der Waals surface area contributed by atoms with Crippen molar-refractivity contribution in [2.75, 3.05) is 32.7 Å². The van der Waals surface area contributed by atoms with E-state index in [-0.39, 0.29) is 55.1 Å². The highest BCUT2D eigenvalue weighted by atomic mass is 127. The number of hydrogen-bond acceptors (Lipinski definition) is 4. The Balaban J connectivity index is 0.00000392. The number of imide groups is 1. The number of para-hydroxylation sites is 1. The Morgan fingerprint density at radius 2 is 2.07 bits per heavy atom. The van der Waals surface area contributed by atoms with Crippen molar-refractivity contribution < 1.29 is 14.3 Å². The van der Waals surface area contributed by atoms with E-state index in [0.717, 1.165) is 6.42 Å². The summed E-state index contributed by atoms with van der Waals surface area (Å²) >= 11 is 6.14.